The van der Waals surface area contributed by atoms with Crippen molar-refractivity contribution >= 4 is 40.7 Å². The van der Waals surface area contributed by atoms with Gasteiger partial charge >= 0.3 is 0 Å². The number of nitrogens with zero attached hydrogens (tertiary/aromatic N) is 1. The first-order chi connectivity index (χ1) is 20.0. The van der Waals surface area contributed by atoms with Gasteiger partial charge < -0.3 is 20.5 Å². The summed E-state index contributed by atoms with van der Waals surface area (Å²) in [7, 11) is 0. The fraction of sp³-hybridized carbons (Fsp3) is 0.536. The number of benzene rings is 1. The van der Waals surface area contributed by atoms with Crippen molar-refractivity contribution in [1.29, 1.82) is 0 Å². The number of carbonyl (C=O) groups is 2. The molecule has 2 amide bonds. The van der Waals surface area contributed by atoms with Crippen LogP contribution in [0.2, 0.25) is 10.2 Å². The monoisotopic (exact) mass is 630 g/mol. The Morgan fingerprint density at radius 1 is 1.19 bits per heavy atom. The normalized spacial score (nSPS) is 30.7. The van der Waals surface area contributed by atoms with Gasteiger partial charge in [0.25, 0.3) is 0 Å². The van der Waals surface area contributed by atoms with E-state index < -0.39 is 76.3 Å². The van der Waals surface area contributed by atoms with Crippen LogP contribution in [0.1, 0.15) is 42.7 Å². The molecule has 2 spiro atoms. The number of rotatable bonds is 6. The van der Waals surface area contributed by atoms with Gasteiger partial charge in [-0.15, -0.1) is 0 Å². The van der Waals surface area contributed by atoms with Crippen LogP contribution in [0.25, 0.3) is 0 Å². The molecule has 1 aliphatic carbocycles. The molecule has 3 aliphatic heterocycles. The number of ether oxygens (including phenoxy) is 1. The van der Waals surface area contributed by atoms with Gasteiger partial charge in [0, 0.05) is 28.8 Å². The summed E-state index contributed by atoms with van der Waals surface area (Å²) in [5, 5.41) is 17.4. The van der Waals surface area contributed by atoms with Crippen LogP contribution in [0.4, 0.5) is 23.2 Å². The highest BCUT2D eigenvalue weighted by Crippen LogP contribution is 2.68. The molecule has 4 aliphatic rings. The van der Waals surface area contributed by atoms with E-state index in [4.69, 9.17) is 27.9 Å². The largest absolute Gasteiger partial charge is 0.394 e. The zero-order valence-electron chi connectivity index (χ0n) is 22.2. The number of aliphatic hydroxyl groups is 1. The lowest BCUT2D eigenvalue weighted by Crippen LogP contribution is -2.70. The highest BCUT2D eigenvalue weighted by molar-refractivity contribution is 6.31. The summed E-state index contributed by atoms with van der Waals surface area (Å²) in [4.78, 5) is 32.0. The van der Waals surface area contributed by atoms with Crippen molar-refractivity contribution in [2.24, 2.45) is 5.41 Å². The number of aliphatic hydroxyl groups excluding tert-OH is 1. The van der Waals surface area contributed by atoms with Crippen LogP contribution in [0.5, 0.6) is 0 Å². The maximum atomic E-state index is 15.8. The van der Waals surface area contributed by atoms with Crippen LogP contribution in [-0.2, 0) is 19.7 Å². The number of hydrogen-bond donors (Lipinski definition) is 4. The predicted molar refractivity (Wildman–Crippen MR) is 145 cm³/mol. The van der Waals surface area contributed by atoms with Gasteiger partial charge in [0.15, 0.2) is 11.0 Å². The Bertz CT molecular complexity index is 1430. The second-order valence-electron chi connectivity index (χ2n) is 11.8. The maximum absolute atomic E-state index is 15.8. The third kappa shape index (κ3) is 4.16. The topological polar surface area (TPSA) is 113 Å². The van der Waals surface area contributed by atoms with Crippen LogP contribution >= 0.6 is 23.2 Å². The summed E-state index contributed by atoms with van der Waals surface area (Å²) in [6.07, 6.45) is 1.38. The fourth-order valence-electron chi connectivity index (χ4n) is 7.64. The molecule has 1 saturated carbocycles. The van der Waals surface area contributed by atoms with Crippen molar-refractivity contribution in [2.75, 3.05) is 31.9 Å². The molecular formula is C28H28Cl2F4N4O4. The quantitative estimate of drug-likeness (QED) is 0.286. The average molecular weight is 631 g/mol. The number of pyridine rings is 1. The van der Waals surface area contributed by atoms with E-state index in [1.54, 1.807) is 0 Å². The van der Waals surface area contributed by atoms with E-state index in [0.29, 0.717) is 12.8 Å². The Hall–Kier alpha value is -2.51. The third-order valence-corrected chi connectivity index (χ3v) is 9.97. The van der Waals surface area contributed by atoms with E-state index in [9.17, 15) is 23.5 Å². The molecule has 4 N–H and O–H groups in total. The first-order valence-electron chi connectivity index (χ1n) is 13.6. The van der Waals surface area contributed by atoms with Crippen LogP contribution < -0.4 is 16.0 Å². The van der Waals surface area contributed by atoms with Gasteiger partial charge in [-0.25, -0.2) is 13.8 Å². The number of fused-ring (bicyclic) bond motifs is 3. The first kappa shape index (κ1) is 29.6. The molecule has 0 bridgehead atoms. The smallest absolute Gasteiger partial charge is 0.238 e. The molecule has 4 heterocycles. The molecule has 8 nitrogen and oxygen atoms in total. The lowest BCUT2D eigenvalue weighted by atomic mass is 9.46. The van der Waals surface area contributed by atoms with E-state index in [2.05, 4.69) is 20.9 Å². The summed E-state index contributed by atoms with van der Waals surface area (Å²) >= 11 is 12.1. The van der Waals surface area contributed by atoms with Gasteiger partial charge in [-0.2, -0.15) is 0 Å². The summed E-state index contributed by atoms with van der Waals surface area (Å²) < 4.78 is 65.0. The molecule has 1 aromatic carbocycles. The second kappa shape index (κ2) is 10.6. The van der Waals surface area contributed by atoms with Gasteiger partial charge in [-0.1, -0.05) is 23.2 Å². The third-order valence-electron chi connectivity index (χ3n) is 9.41. The van der Waals surface area contributed by atoms with Crippen molar-refractivity contribution < 1.29 is 37.0 Å². The van der Waals surface area contributed by atoms with Crippen LogP contribution in [0.15, 0.2) is 24.4 Å². The minimum atomic E-state index is -1.89. The van der Waals surface area contributed by atoms with Gasteiger partial charge in [0.1, 0.15) is 11.2 Å². The number of aromatic nitrogens is 1. The lowest BCUT2D eigenvalue weighted by Gasteiger charge is -2.59. The zero-order valence-corrected chi connectivity index (χ0v) is 23.7. The molecular weight excluding hydrogens is 603 g/mol. The number of alkyl halides is 2. The van der Waals surface area contributed by atoms with E-state index in [1.165, 1.54) is 18.3 Å². The Labute approximate surface area is 248 Å². The summed E-state index contributed by atoms with van der Waals surface area (Å²) in [5.74, 6) is -4.50. The van der Waals surface area contributed by atoms with Gasteiger partial charge in [-0.3, -0.25) is 23.7 Å². The molecule has 42 heavy (non-hydrogen) atoms. The maximum Gasteiger partial charge on any atom is 0.238 e. The van der Waals surface area contributed by atoms with Crippen molar-refractivity contribution in [3.63, 3.8) is 0 Å². The summed E-state index contributed by atoms with van der Waals surface area (Å²) in [6.45, 7) is -2.12. The van der Waals surface area contributed by atoms with Crippen molar-refractivity contribution in [3.05, 3.63) is 57.3 Å². The molecule has 5 atom stereocenters. The Morgan fingerprint density at radius 3 is 2.57 bits per heavy atom. The SMILES string of the molecule is O=C(N[C@@H]1CC[C@@H](CO)OC1)[C@@H]1NC2(CC(CF)(CF)C2)[C@@]2(C(=O)Nc3cc(Cl)c(F)cc32)[C@H]1c1ccnc(Cl)c1F. The van der Waals surface area contributed by atoms with Crippen LogP contribution in [-0.4, -0.2) is 72.2 Å². The minimum absolute atomic E-state index is 0.0904. The molecule has 0 radical (unpaired) electrons. The summed E-state index contributed by atoms with van der Waals surface area (Å²) in [5.41, 5.74) is -4.72. The number of nitrogens with one attached hydrogen (secondary N) is 3. The van der Waals surface area contributed by atoms with Crippen molar-refractivity contribution in [2.45, 2.75) is 60.7 Å². The Morgan fingerprint density at radius 2 is 1.93 bits per heavy atom. The zero-order chi connectivity index (χ0) is 30.0. The molecule has 2 aromatic rings. The van der Waals surface area contributed by atoms with Gasteiger partial charge in [0.2, 0.25) is 11.8 Å². The lowest BCUT2D eigenvalue weighted by molar-refractivity contribution is -0.131. The molecule has 0 unspecified atom stereocenters. The average Bonchev–Trinajstić information content (AvgIpc) is 3.42. The number of anilines is 1. The first-order valence-corrected chi connectivity index (χ1v) is 14.3. The van der Waals surface area contributed by atoms with E-state index in [1.807, 2.05) is 0 Å². The standard InChI is InChI=1S/C28H28Cl2F4N4O4/c29-17-6-19-16(5-18(17)33)28(25(41)37-19)20(15-3-4-35-23(30)21(15)34)22(38-27(28)9-26(10-27,11-31)12-32)24(40)36-13-1-2-14(7-39)42-8-13/h3-6,13-14,20,22,38-39H,1-2,7-12H2,(H,36,40)(H,37,41)/t13-,14+,20+,22-,28-/m1/s1. The molecule has 3 fully saturated rings. The van der Waals surface area contributed by atoms with Crippen molar-refractivity contribution in [1.82, 2.24) is 15.6 Å². The number of carbonyl (C=O) groups excluding carboxylic acids is 2. The number of amides is 2. The Balaban J connectivity index is 1.52. The Kier molecular flexibility index (Phi) is 7.45. The second-order valence-corrected chi connectivity index (χ2v) is 12.6. The summed E-state index contributed by atoms with van der Waals surface area (Å²) in [6, 6.07) is 1.79. The van der Waals surface area contributed by atoms with Crippen LogP contribution in [0.3, 0.4) is 0 Å². The van der Waals surface area contributed by atoms with Crippen molar-refractivity contribution in [3.8, 4) is 0 Å². The minimum Gasteiger partial charge on any atom is -0.394 e. The van der Waals surface area contributed by atoms with Crippen LogP contribution in [0, 0.1) is 17.0 Å². The molecule has 226 valence electrons. The predicted octanol–water partition coefficient (Wildman–Crippen LogP) is 3.73. The molecule has 6 rings (SSSR count). The molecule has 1 aromatic heterocycles. The van der Waals surface area contributed by atoms with E-state index >= 15 is 8.78 Å². The highest BCUT2D eigenvalue weighted by atomic mass is 35.5. The fourth-order valence-corrected chi connectivity index (χ4v) is 7.97. The highest BCUT2D eigenvalue weighted by Gasteiger charge is 2.78. The molecule has 2 saturated heterocycles. The molecule has 14 heteroatoms. The van der Waals surface area contributed by atoms with E-state index in [0.717, 1.165) is 6.07 Å². The van der Waals surface area contributed by atoms with Gasteiger partial charge in [-0.05, 0) is 55.0 Å². The number of hydrogen-bond acceptors (Lipinski definition) is 6. The van der Waals surface area contributed by atoms with Gasteiger partial charge in [0.05, 0.1) is 49.8 Å². The van der Waals surface area contributed by atoms with E-state index in [-0.39, 0.29) is 54.0 Å². The number of halogens is 6.